The van der Waals surface area contributed by atoms with E-state index in [-0.39, 0.29) is 33.8 Å². The Balaban J connectivity index is 1.79. The van der Waals surface area contributed by atoms with Gasteiger partial charge in [-0.15, -0.1) is 0 Å². The van der Waals surface area contributed by atoms with Gasteiger partial charge < -0.3 is 10.6 Å². The van der Waals surface area contributed by atoms with E-state index in [0.717, 1.165) is 25.9 Å². The van der Waals surface area contributed by atoms with Gasteiger partial charge in [0.25, 0.3) is 0 Å². The van der Waals surface area contributed by atoms with Crippen LogP contribution in [0.2, 0.25) is 10.0 Å². The second-order valence-electron chi connectivity index (χ2n) is 5.72. The second kappa shape index (κ2) is 9.01. The summed E-state index contributed by atoms with van der Waals surface area (Å²) in [6, 6.07) is 4.47. The third-order valence-corrected chi connectivity index (χ3v) is 6.23. The molecule has 1 aliphatic rings. The quantitative estimate of drug-likeness (QED) is 0.658. The highest BCUT2D eigenvalue weighted by Crippen LogP contribution is 2.28. The Morgan fingerprint density at radius 1 is 1.29 bits per heavy atom. The average Bonchev–Trinajstić information content (AvgIpc) is 2.53. The molecule has 2 rings (SSSR count). The minimum Gasteiger partial charge on any atom is -0.356 e. The normalized spacial score (nSPS) is 18.3. The molecule has 24 heavy (non-hydrogen) atoms. The first kappa shape index (κ1) is 19.5. The Morgan fingerprint density at radius 2 is 2.00 bits per heavy atom. The number of amides is 1. The van der Waals surface area contributed by atoms with Gasteiger partial charge in [0.2, 0.25) is 15.9 Å². The van der Waals surface area contributed by atoms with E-state index in [1.165, 1.54) is 12.1 Å². The number of benzene rings is 1. The molecule has 1 amide bonds. The van der Waals surface area contributed by atoms with E-state index < -0.39 is 10.0 Å². The average molecular weight is 394 g/mol. The number of carbonyl (C=O) groups is 1. The van der Waals surface area contributed by atoms with Crippen molar-refractivity contribution in [1.29, 1.82) is 0 Å². The maximum Gasteiger partial charge on any atom is 0.243 e. The molecule has 6 nitrogen and oxygen atoms in total. The van der Waals surface area contributed by atoms with Gasteiger partial charge in [-0.05, 0) is 44.0 Å². The molecule has 0 spiro atoms. The number of sulfonamides is 1. The summed E-state index contributed by atoms with van der Waals surface area (Å²) in [6.07, 6.45) is 2.26. The largest absolute Gasteiger partial charge is 0.356 e. The first-order valence-corrected chi connectivity index (χ1v) is 10.0. The Kier molecular flexibility index (Phi) is 7.31. The summed E-state index contributed by atoms with van der Waals surface area (Å²) in [7, 11) is -3.86. The van der Waals surface area contributed by atoms with Gasteiger partial charge in [0.15, 0.2) is 0 Å². The van der Waals surface area contributed by atoms with E-state index in [1.54, 1.807) is 6.07 Å². The third-order valence-electron chi connectivity index (χ3n) is 3.82. The summed E-state index contributed by atoms with van der Waals surface area (Å²) in [6.45, 7) is 2.52. The molecule has 0 bridgehead atoms. The smallest absolute Gasteiger partial charge is 0.243 e. The molecule has 1 aromatic carbocycles. The van der Waals surface area contributed by atoms with E-state index in [4.69, 9.17) is 23.2 Å². The maximum absolute atomic E-state index is 12.2. The molecule has 0 aliphatic carbocycles. The van der Waals surface area contributed by atoms with Crippen LogP contribution in [0.25, 0.3) is 0 Å². The summed E-state index contributed by atoms with van der Waals surface area (Å²) in [4.78, 5) is 11.7. The first-order chi connectivity index (χ1) is 11.4. The molecule has 9 heteroatoms. The van der Waals surface area contributed by atoms with E-state index >= 15 is 0 Å². The van der Waals surface area contributed by atoms with Gasteiger partial charge in [-0.2, -0.15) is 0 Å². The van der Waals surface area contributed by atoms with Crippen molar-refractivity contribution in [3.8, 4) is 0 Å². The predicted molar refractivity (Wildman–Crippen MR) is 94.9 cm³/mol. The molecular weight excluding hydrogens is 373 g/mol. The van der Waals surface area contributed by atoms with Gasteiger partial charge in [-0.3, -0.25) is 4.79 Å². The molecule has 0 aromatic heterocycles. The van der Waals surface area contributed by atoms with E-state index in [0.29, 0.717) is 12.5 Å². The van der Waals surface area contributed by atoms with Crippen molar-refractivity contribution in [2.24, 2.45) is 5.92 Å². The number of rotatable bonds is 7. The Bertz CT molecular complexity index is 656. The zero-order valence-electron chi connectivity index (χ0n) is 13.1. The lowest BCUT2D eigenvalue weighted by Gasteiger charge is -2.22. The molecule has 1 aromatic rings. The molecule has 1 fully saturated rings. The lowest BCUT2D eigenvalue weighted by atomic mass is 10.00. The first-order valence-electron chi connectivity index (χ1n) is 7.81. The molecule has 0 saturated carbocycles. The van der Waals surface area contributed by atoms with Crippen LogP contribution < -0.4 is 15.4 Å². The standard InChI is InChI=1S/C15H21Cl2N3O3S/c16-12-4-1-5-13(17)15(12)24(22,23)20-8-6-14(21)19-10-11-3-2-7-18-9-11/h1,4-5,11,18,20H,2-3,6-10H2,(H,19,21). The van der Waals surface area contributed by atoms with Crippen LogP contribution >= 0.6 is 23.2 Å². The molecule has 0 radical (unpaired) electrons. The molecule has 1 atom stereocenters. The Labute approximate surface area is 152 Å². The highest BCUT2D eigenvalue weighted by atomic mass is 35.5. The van der Waals surface area contributed by atoms with E-state index in [9.17, 15) is 13.2 Å². The highest BCUT2D eigenvalue weighted by molar-refractivity contribution is 7.89. The zero-order valence-corrected chi connectivity index (χ0v) is 15.5. The minimum absolute atomic E-state index is 0.0152. The fraction of sp³-hybridized carbons (Fsp3) is 0.533. The van der Waals surface area contributed by atoms with Gasteiger partial charge >= 0.3 is 0 Å². The summed E-state index contributed by atoms with van der Waals surface area (Å²) >= 11 is 11.8. The van der Waals surface area contributed by atoms with Gasteiger partial charge in [0.1, 0.15) is 4.90 Å². The SMILES string of the molecule is O=C(CCNS(=O)(=O)c1c(Cl)cccc1Cl)NCC1CCCNC1. The van der Waals surface area contributed by atoms with Crippen LogP contribution in [0.15, 0.2) is 23.1 Å². The van der Waals surface area contributed by atoms with Crippen LogP contribution in [-0.4, -0.2) is 40.5 Å². The lowest BCUT2D eigenvalue weighted by molar-refractivity contribution is -0.121. The van der Waals surface area contributed by atoms with Crippen molar-refractivity contribution in [3.05, 3.63) is 28.2 Å². The Morgan fingerprint density at radius 3 is 2.62 bits per heavy atom. The number of carbonyl (C=O) groups excluding carboxylic acids is 1. The number of hydrogen-bond acceptors (Lipinski definition) is 4. The van der Waals surface area contributed by atoms with Crippen LogP contribution in [0.1, 0.15) is 19.3 Å². The van der Waals surface area contributed by atoms with Crippen molar-refractivity contribution in [2.45, 2.75) is 24.2 Å². The van der Waals surface area contributed by atoms with Crippen molar-refractivity contribution in [3.63, 3.8) is 0 Å². The maximum atomic E-state index is 12.2. The number of hydrogen-bond donors (Lipinski definition) is 3. The van der Waals surface area contributed by atoms with Crippen molar-refractivity contribution < 1.29 is 13.2 Å². The molecule has 1 saturated heterocycles. The van der Waals surface area contributed by atoms with Gasteiger partial charge in [0, 0.05) is 19.5 Å². The third kappa shape index (κ3) is 5.60. The van der Waals surface area contributed by atoms with Crippen LogP contribution in [0, 0.1) is 5.92 Å². The molecular formula is C15H21Cl2N3O3S. The minimum atomic E-state index is -3.86. The summed E-state index contributed by atoms with van der Waals surface area (Å²) in [5.41, 5.74) is 0. The van der Waals surface area contributed by atoms with Gasteiger partial charge in [0.05, 0.1) is 10.0 Å². The topological polar surface area (TPSA) is 87.3 Å². The van der Waals surface area contributed by atoms with Crippen LogP contribution in [0.5, 0.6) is 0 Å². The van der Waals surface area contributed by atoms with Crippen LogP contribution in [-0.2, 0) is 14.8 Å². The van der Waals surface area contributed by atoms with Crippen LogP contribution in [0.3, 0.4) is 0 Å². The monoisotopic (exact) mass is 393 g/mol. The summed E-state index contributed by atoms with van der Waals surface area (Å²) in [5, 5.41) is 6.21. The fourth-order valence-electron chi connectivity index (χ4n) is 2.56. The fourth-order valence-corrected chi connectivity index (χ4v) is 4.73. The number of nitrogens with one attached hydrogen (secondary N) is 3. The van der Waals surface area contributed by atoms with Crippen molar-refractivity contribution in [2.75, 3.05) is 26.2 Å². The van der Waals surface area contributed by atoms with E-state index in [2.05, 4.69) is 15.4 Å². The van der Waals surface area contributed by atoms with Crippen molar-refractivity contribution >= 4 is 39.1 Å². The second-order valence-corrected chi connectivity index (χ2v) is 8.23. The van der Waals surface area contributed by atoms with E-state index in [1.807, 2.05) is 0 Å². The molecule has 1 unspecified atom stereocenters. The highest BCUT2D eigenvalue weighted by Gasteiger charge is 2.21. The zero-order chi connectivity index (χ0) is 17.6. The number of halogens is 2. The summed E-state index contributed by atoms with van der Waals surface area (Å²) < 4.78 is 26.8. The molecule has 3 N–H and O–H groups in total. The van der Waals surface area contributed by atoms with Crippen LogP contribution in [0.4, 0.5) is 0 Å². The van der Waals surface area contributed by atoms with Gasteiger partial charge in [-0.25, -0.2) is 13.1 Å². The van der Waals surface area contributed by atoms with Gasteiger partial charge in [-0.1, -0.05) is 29.3 Å². The molecule has 1 aliphatic heterocycles. The van der Waals surface area contributed by atoms with Crippen molar-refractivity contribution in [1.82, 2.24) is 15.4 Å². The lowest BCUT2D eigenvalue weighted by Crippen LogP contribution is -2.39. The summed E-state index contributed by atoms with van der Waals surface area (Å²) in [5.74, 6) is 0.245. The molecule has 134 valence electrons. The predicted octanol–water partition coefficient (Wildman–Crippen LogP) is 1.78. The number of piperidine rings is 1. The molecule has 1 heterocycles. The Hall–Kier alpha value is -0.860.